The molecule has 2 heterocycles. The van der Waals surface area contributed by atoms with E-state index in [0.717, 1.165) is 52.5 Å². The molecular weight excluding hydrogens is 356 g/mol. The second kappa shape index (κ2) is 7.72. The molecule has 0 atom stereocenters. The van der Waals surface area contributed by atoms with E-state index in [0.29, 0.717) is 0 Å². The number of carbonyl (C=O) groups excluding carboxylic acids is 1. The minimum Gasteiger partial charge on any atom is -0.454 e. The molecule has 0 fully saturated rings. The third kappa shape index (κ3) is 3.83. The SMILES string of the molecule is C/C(CCc1ccc2c(c1)OCO2)=N\NC(=O)Cn1c(C)nc2ccccc21. The summed E-state index contributed by atoms with van der Waals surface area (Å²) in [6.07, 6.45) is 1.56. The molecule has 1 aliphatic heterocycles. The smallest absolute Gasteiger partial charge is 0.260 e. The molecule has 0 spiro atoms. The predicted molar refractivity (Wildman–Crippen MR) is 107 cm³/mol. The Bertz CT molecular complexity index is 1050. The van der Waals surface area contributed by atoms with Crippen LogP contribution in [0.25, 0.3) is 11.0 Å². The first-order valence-electron chi connectivity index (χ1n) is 9.22. The molecule has 0 radical (unpaired) electrons. The van der Waals surface area contributed by atoms with Gasteiger partial charge in [0.25, 0.3) is 5.91 Å². The average Bonchev–Trinajstić information content (AvgIpc) is 3.28. The fourth-order valence-electron chi connectivity index (χ4n) is 3.21. The number of aromatic nitrogens is 2. The standard InChI is InChI=1S/C21H22N4O3/c1-14(7-8-16-9-10-19-20(11-16)28-13-27-19)23-24-21(26)12-25-15(2)22-17-5-3-4-6-18(17)25/h3-6,9-11H,7-8,12-13H2,1-2H3,(H,24,26)/b23-14+. The highest BCUT2D eigenvalue weighted by Crippen LogP contribution is 2.32. The topological polar surface area (TPSA) is 77.7 Å². The van der Waals surface area contributed by atoms with Crippen LogP contribution >= 0.6 is 0 Å². The number of hydrogen-bond donors (Lipinski definition) is 1. The number of hydrazone groups is 1. The zero-order valence-corrected chi connectivity index (χ0v) is 15.9. The first-order valence-corrected chi connectivity index (χ1v) is 9.22. The second-order valence-corrected chi connectivity index (χ2v) is 6.80. The number of fused-ring (bicyclic) bond motifs is 2. The Morgan fingerprint density at radius 2 is 2.04 bits per heavy atom. The average molecular weight is 378 g/mol. The number of ether oxygens (including phenoxy) is 2. The van der Waals surface area contributed by atoms with Crippen LogP contribution in [-0.2, 0) is 17.8 Å². The summed E-state index contributed by atoms with van der Waals surface area (Å²) < 4.78 is 12.6. The first-order chi connectivity index (χ1) is 13.6. The van der Waals surface area contributed by atoms with Crippen molar-refractivity contribution in [1.29, 1.82) is 0 Å². The van der Waals surface area contributed by atoms with Gasteiger partial charge in [-0.2, -0.15) is 5.10 Å². The van der Waals surface area contributed by atoms with E-state index < -0.39 is 0 Å². The van der Waals surface area contributed by atoms with Gasteiger partial charge in [0.05, 0.1) is 11.0 Å². The number of rotatable bonds is 6. The van der Waals surface area contributed by atoms with E-state index in [1.165, 1.54) is 0 Å². The third-order valence-corrected chi connectivity index (χ3v) is 4.73. The highest BCUT2D eigenvalue weighted by Gasteiger charge is 2.13. The molecule has 28 heavy (non-hydrogen) atoms. The number of para-hydroxylation sites is 2. The van der Waals surface area contributed by atoms with E-state index in [-0.39, 0.29) is 19.2 Å². The van der Waals surface area contributed by atoms with Gasteiger partial charge in [-0.05, 0) is 56.5 Å². The van der Waals surface area contributed by atoms with E-state index in [4.69, 9.17) is 9.47 Å². The Kier molecular flexibility index (Phi) is 4.97. The monoisotopic (exact) mass is 378 g/mol. The lowest BCUT2D eigenvalue weighted by atomic mass is 10.1. The van der Waals surface area contributed by atoms with Crippen LogP contribution in [0, 0.1) is 6.92 Å². The number of amides is 1. The van der Waals surface area contributed by atoms with Crippen LogP contribution in [0.4, 0.5) is 0 Å². The van der Waals surface area contributed by atoms with Gasteiger partial charge in [-0.1, -0.05) is 18.2 Å². The first kappa shape index (κ1) is 18.0. The van der Waals surface area contributed by atoms with Crippen LogP contribution in [0.2, 0.25) is 0 Å². The highest BCUT2D eigenvalue weighted by atomic mass is 16.7. The van der Waals surface area contributed by atoms with Crippen LogP contribution < -0.4 is 14.9 Å². The van der Waals surface area contributed by atoms with E-state index in [9.17, 15) is 4.79 Å². The van der Waals surface area contributed by atoms with Crippen molar-refractivity contribution in [2.45, 2.75) is 33.2 Å². The lowest BCUT2D eigenvalue weighted by molar-refractivity contribution is -0.121. The molecule has 4 rings (SSSR count). The fraction of sp³-hybridized carbons (Fsp3) is 0.286. The van der Waals surface area contributed by atoms with Crippen molar-refractivity contribution in [3.8, 4) is 11.5 Å². The van der Waals surface area contributed by atoms with Gasteiger partial charge >= 0.3 is 0 Å². The van der Waals surface area contributed by atoms with Crippen molar-refractivity contribution >= 4 is 22.7 Å². The molecule has 7 nitrogen and oxygen atoms in total. The molecule has 0 saturated heterocycles. The molecule has 1 amide bonds. The predicted octanol–water partition coefficient (Wildman–Crippen LogP) is 3.20. The van der Waals surface area contributed by atoms with Gasteiger partial charge in [-0.25, -0.2) is 10.4 Å². The molecule has 2 aromatic carbocycles. The summed E-state index contributed by atoms with van der Waals surface area (Å²) in [7, 11) is 0. The van der Waals surface area contributed by atoms with Crippen molar-refractivity contribution in [1.82, 2.24) is 15.0 Å². The lowest BCUT2D eigenvalue weighted by Gasteiger charge is -2.07. The van der Waals surface area contributed by atoms with E-state index >= 15 is 0 Å². The van der Waals surface area contributed by atoms with Crippen molar-refractivity contribution < 1.29 is 14.3 Å². The van der Waals surface area contributed by atoms with Gasteiger partial charge in [0, 0.05) is 5.71 Å². The molecule has 144 valence electrons. The van der Waals surface area contributed by atoms with Crippen LogP contribution in [0.5, 0.6) is 11.5 Å². The van der Waals surface area contributed by atoms with Gasteiger partial charge in [-0.15, -0.1) is 0 Å². The molecule has 3 aromatic rings. The summed E-state index contributed by atoms with van der Waals surface area (Å²) in [6.45, 7) is 4.26. The Morgan fingerprint density at radius 3 is 2.93 bits per heavy atom. The van der Waals surface area contributed by atoms with Gasteiger partial charge in [0.15, 0.2) is 11.5 Å². The van der Waals surface area contributed by atoms with Crippen molar-refractivity contribution in [3.05, 3.63) is 53.9 Å². The highest BCUT2D eigenvalue weighted by molar-refractivity contribution is 5.85. The number of aryl methyl sites for hydroxylation is 2. The Morgan fingerprint density at radius 1 is 1.21 bits per heavy atom. The summed E-state index contributed by atoms with van der Waals surface area (Å²) in [5.74, 6) is 2.19. The van der Waals surface area contributed by atoms with Gasteiger partial charge in [0.1, 0.15) is 12.4 Å². The summed E-state index contributed by atoms with van der Waals surface area (Å²) >= 11 is 0. The number of imidazole rings is 1. The molecule has 0 saturated carbocycles. The maximum Gasteiger partial charge on any atom is 0.260 e. The molecule has 7 heteroatoms. The van der Waals surface area contributed by atoms with Crippen LogP contribution in [0.3, 0.4) is 0 Å². The van der Waals surface area contributed by atoms with E-state index in [1.54, 1.807) is 0 Å². The van der Waals surface area contributed by atoms with Gasteiger partial charge < -0.3 is 14.0 Å². The van der Waals surface area contributed by atoms with Gasteiger partial charge in [0.2, 0.25) is 6.79 Å². The van der Waals surface area contributed by atoms with E-state index in [2.05, 4.69) is 15.5 Å². The molecule has 1 N–H and O–H groups in total. The second-order valence-electron chi connectivity index (χ2n) is 6.80. The number of hydrogen-bond acceptors (Lipinski definition) is 5. The Balaban J connectivity index is 1.33. The van der Waals surface area contributed by atoms with Crippen molar-refractivity contribution in [2.75, 3.05) is 6.79 Å². The van der Waals surface area contributed by atoms with Crippen LogP contribution in [0.15, 0.2) is 47.6 Å². The van der Waals surface area contributed by atoms with E-state index in [1.807, 2.05) is 60.9 Å². The molecule has 0 bridgehead atoms. The van der Waals surface area contributed by atoms with Crippen molar-refractivity contribution in [3.63, 3.8) is 0 Å². The minimum absolute atomic E-state index is 0.173. The maximum atomic E-state index is 12.3. The quantitative estimate of drug-likeness (QED) is 0.528. The molecular formula is C21H22N4O3. The minimum atomic E-state index is -0.173. The molecule has 1 aromatic heterocycles. The zero-order chi connectivity index (χ0) is 19.5. The summed E-state index contributed by atoms with van der Waals surface area (Å²) in [5, 5.41) is 4.23. The molecule has 0 unspecified atom stereocenters. The van der Waals surface area contributed by atoms with Crippen LogP contribution in [-0.4, -0.2) is 28.0 Å². The normalized spacial score (nSPS) is 13.1. The zero-order valence-electron chi connectivity index (χ0n) is 15.9. The number of nitrogens with zero attached hydrogens (tertiary/aromatic N) is 3. The van der Waals surface area contributed by atoms with Crippen molar-refractivity contribution in [2.24, 2.45) is 5.10 Å². The lowest BCUT2D eigenvalue weighted by Crippen LogP contribution is -2.24. The number of nitrogens with one attached hydrogen (secondary N) is 1. The summed E-state index contributed by atoms with van der Waals surface area (Å²) in [4.78, 5) is 16.8. The number of carbonyl (C=O) groups is 1. The summed E-state index contributed by atoms with van der Waals surface area (Å²) in [6, 6.07) is 13.7. The Hall–Kier alpha value is -3.35. The number of benzene rings is 2. The third-order valence-electron chi connectivity index (χ3n) is 4.73. The summed E-state index contributed by atoms with van der Waals surface area (Å²) in [5.41, 5.74) is 6.48. The largest absolute Gasteiger partial charge is 0.454 e. The van der Waals surface area contributed by atoms with Gasteiger partial charge in [-0.3, -0.25) is 4.79 Å². The fourth-order valence-corrected chi connectivity index (χ4v) is 3.21. The van der Waals surface area contributed by atoms with Crippen LogP contribution in [0.1, 0.15) is 24.7 Å². The maximum absolute atomic E-state index is 12.3. The Labute approximate surface area is 163 Å². The molecule has 0 aliphatic carbocycles. The molecule has 1 aliphatic rings.